The molecule has 3 aromatic rings. The van der Waals surface area contributed by atoms with Crippen molar-refractivity contribution >= 4 is 0 Å². The monoisotopic (exact) mass is 325 g/mol. The Morgan fingerprint density at radius 1 is 1.17 bits per heavy atom. The van der Waals surface area contributed by atoms with Crippen molar-refractivity contribution in [1.29, 1.82) is 5.26 Å². The first kappa shape index (κ1) is 15.7. The number of aryl methyl sites for hydroxylation is 1. The normalized spacial score (nSPS) is 10.4. The van der Waals surface area contributed by atoms with Gasteiger partial charge in [0.05, 0.1) is 17.1 Å². The average molecular weight is 325 g/mol. The lowest BCUT2D eigenvalue weighted by molar-refractivity contribution is 0.281. The minimum absolute atomic E-state index is 0.0683. The highest BCUT2D eigenvalue weighted by Gasteiger charge is 2.17. The van der Waals surface area contributed by atoms with Crippen LogP contribution in [0.25, 0.3) is 5.69 Å². The van der Waals surface area contributed by atoms with Gasteiger partial charge in [-0.2, -0.15) is 10.4 Å². The Morgan fingerprint density at radius 2 is 1.92 bits per heavy atom. The highest BCUT2D eigenvalue weighted by molar-refractivity contribution is 5.43. The molecule has 0 saturated heterocycles. The highest BCUT2D eigenvalue weighted by atomic mass is 19.1. The molecule has 0 aliphatic carbocycles. The van der Waals surface area contributed by atoms with Gasteiger partial charge in [-0.25, -0.2) is 13.5 Å². The van der Waals surface area contributed by atoms with Gasteiger partial charge in [0.15, 0.2) is 11.6 Å². The second kappa shape index (κ2) is 6.50. The van der Waals surface area contributed by atoms with E-state index in [2.05, 4.69) is 11.2 Å². The molecule has 0 aliphatic heterocycles. The van der Waals surface area contributed by atoms with E-state index >= 15 is 0 Å². The van der Waals surface area contributed by atoms with Crippen LogP contribution in [0.4, 0.5) is 8.78 Å². The first-order valence-electron chi connectivity index (χ1n) is 7.22. The number of ether oxygens (including phenoxy) is 1. The van der Waals surface area contributed by atoms with Gasteiger partial charge in [-0.15, -0.1) is 0 Å². The lowest BCUT2D eigenvalue weighted by atomic mass is 10.2. The van der Waals surface area contributed by atoms with Crippen LogP contribution in [0.3, 0.4) is 0 Å². The summed E-state index contributed by atoms with van der Waals surface area (Å²) in [5, 5.41) is 13.7. The maximum atomic E-state index is 13.7. The molecular formula is C18H13F2N3O. The van der Waals surface area contributed by atoms with Crippen LogP contribution in [-0.4, -0.2) is 9.78 Å². The molecule has 0 unspecified atom stereocenters. The fourth-order valence-electron chi connectivity index (χ4n) is 2.37. The molecule has 0 spiro atoms. The first-order chi connectivity index (χ1) is 11.6. The van der Waals surface area contributed by atoms with Crippen LogP contribution in [0, 0.1) is 29.9 Å². The fourth-order valence-corrected chi connectivity index (χ4v) is 2.37. The van der Waals surface area contributed by atoms with Crippen molar-refractivity contribution in [2.24, 2.45) is 0 Å². The third-order valence-electron chi connectivity index (χ3n) is 3.53. The number of halogens is 2. The molecule has 120 valence electrons. The van der Waals surface area contributed by atoms with E-state index in [0.717, 1.165) is 17.8 Å². The number of nitrogens with zero attached hydrogens (tertiary/aromatic N) is 3. The Bertz CT molecular complexity index is 914. The highest BCUT2D eigenvalue weighted by Crippen LogP contribution is 2.22. The summed E-state index contributed by atoms with van der Waals surface area (Å²) in [4.78, 5) is 0. The van der Waals surface area contributed by atoms with Crippen molar-refractivity contribution in [3.05, 3.63) is 77.1 Å². The van der Waals surface area contributed by atoms with Gasteiger partial charge in [0, 0.05) is 6.07 Å². The molecule has 0 N–H and O–H groups in total. The van der Waals surface area contributed by atoms with E-state index in [1.807, 2.05) is 30.3 Å². The summed E-state index contributed by atoms with van der Waals surface area (Å²) in [6, 6.07) is 14.4. The SMILES string of the molecule is Cc1nn(-c2ccccc2)c(COc2ccc(F)cc2F)c1C#N. The van der Waals surface area contributed by atoms with Crippen LogP contribution in [0.2, 0.25) is 0 Å². The summed E-state index contributed by atoms with van der Waals surface area (Å²) in [6.45, 7) is 1.65. The van der Waals surface area contributed by atoms with E-state index in [0.29, 0.717) is 17.0 Å². The molecule has 2 aromatic carbocycles. The van der Waals surface area contributed by atoms with Crippen molar-refractivity contribution < 1.29 is 13.5 Å². The summed E-state index contributed by atoms with van der Waals surface area (Å²) in [7, 11) is 0. The Morgan fingerprint density at radius 3 is 2.58 bits per heavy atom. The van der Waals surface area contributed by atoms with Gasteiger partial charge in [-0.05, 0) is 31.2 Å². The van der Waals surface area contributed by atoms with Gasteiger partial charge in [0.1, 0.15) is 24.1 Å². The molecule has 3 rings (SSSR count). The number of para-hydroxylation sites is 1. The topological polar surface area (TPSA) is 50.8 Å². The number of benzene rings is 2. The van der Waals surface area contributed by atoms with Crippen molar-refractivity contribution in [3.8, 4) is 17.5 Å². The maximum absolute atomic E-state index is 13.7. The lowest BCUT2D eigenvalue weighted by Crippen LogP contribution is -2.07. The smallest absolute Gasteiger partial charge is 0.167 e. The van der Waals surface area contributed by atoms with E-state index in [4.69, 9.17) is 4.74 Å². The van der Waals surface area contributed by atoms with Gasteiger partial charge >= 0.3 is 0 Å². The van der Waals surface area contributed by atoms with Gasteiger partial charge in [-0.3, -0.25) is 0 Å². The standard InChI is InChI=1S/C18H13F2N3O/c1-12-15(10-21)17(23(22-12)14-5-3-2-4-6-14)11-24-18-8-7-13(19)9-16(18)20/h2-9H,11H2,1H3. The molecule has 0 bridgehead atoms. The minimum Gasteiger partial charge on any atom is -0.484 e. The third kappa shape index (κ3) is 2.97. The number of hydrogen-bond acceptors (Lipinski definition) is 3. The summed E-state index contributed by atoms with van der Waals surface area (Å²) in [6.07, 6.45) is 0. The van der Waals surface area contributed by atoms with Gasteiger partial charge < -0.3 is 4.74 Å². The molecule has 0 saturated carbocycles. The van der Waals surface area contributed by atoms with Crippen molar-refractivity contribution in [1.82, 2.24) is 9.78 Å². The number of nitriles is 1. The van der Waals surface area contributed by atoms with Crippen molar-refractivity contribution in [2.75, 3.05) is 0 Å². The second-order valence-corrected chi connectivity index (χ2v) is 5.13. The molecule has 24 heavy (non-hydrogen) atoms. The van der Waals surface area contributed by atoms with E-state index < -0.39 is 11.6 Å². The minimum atomic E-state index is -0.795. The molecule has 0 fully saturated rings. The van der Waals surface area contributed by atoms with Gasteiger partial charge in [-0.1, -0.05) is 18.2 Å². The summed E-state index contributed by atoms with van der Waals surface area (Å²) in [5.41, 5.74) is 2.20. The summed E-state index contributed by atoms with van der Waals surface area (Å²) >= 11 is 0. The van der Waals surface area contributed by atoms with E-state index in [1.54, 1.807) is 11.6 Å². The molecule has 0 amide bonds. The van der Waals surface area contributed by atoms with Gasteiger partial charge in [0.2, 0.25) is 0 Å². The average Bonchev–Trinajstić information content (AvgIpc) is 2.90. The van der Waals surface area contributed by atoms with Crippen LogP contribution in [0.1, 0.15) is 17.0 Å². The Hall–Kier alpha value is -3.20. The fraction of sp³-hybridized carbons (Fsp3) is 0.111. The second-order valence-electron chi connectivity index (χ2n) is 5.13. The van der Waals surface area contributed by atoms with E-state index in [9.17, 15) is 14.0 Å². The molecule has 4 nitrogen and oxygen atoms in total. The quantitative estimate of drug-likeness (QED) is 0.731. The predicted molar refractivity (Wildman–Crippen MR) is 83.7 cm³/mol. The summed E-state index contributed by atoms with van der Waals surface area (Å²) < 4.78 is 33.7. The van der Waals surface area contributed by atoms with Crippen molar-refractivity contribution in [3.63, 3.8) is 0 Å². The van der Waals surface area contributed by atoms with Crippen LogP contribution in [0.5, 0.6) is 5.75 Å². The zero-order valence-corrected chi connectivity index (χ0v) is 12.8. The molecule has 1 aromatic heterocycles. The molecule has 0 aliphatic rings. The van der Waals surface area contributed by atoms with Crippen LogP contribution in [-0.2, 0) is 6.61 Å². The zero-order valence-electron chi connectivity index (χ0n) is 12.8. The summed E-state index contributed by atoms with van der Waals surface area (Å²) in [5.74, 6) is -1.56. The molecule has 6 heteroatoms. The third-order valence-corrected chi connectivity index (χ3v) is 3.53. The van der Waals surface area contributed by atoms with E-state index in [-0.39, 0.29) is 12.4 Å². The predicted octanol–water partition coefficient (Wildman–Crippen LogP) is 3.91. The largest absolute Gasteiger partial charge is 0.484 e. The Labute approximate surface area is 137 Å². The number of hydrogen-bond donors (Lipinski definition) is 0. The zero-order chi connectivity index (χ0) is 17.1. The maximum Gasteiger partial charge on any atom is 0.167 e. The lowest BCUT2D eigenvalue weighted by Gasteiger charge is -2.10. The number of rotatable bonds is 4. The first-order valence-corrected chi connectivity index (χ1v) is 7.22. The molecule has 0 atom stereocenters. The molecule has 0 radical (unpaired) electrons. The Kier molecular flexibility index (Phi) is 4.25. The van der Waals surface area contributed by atoms with E-state index in [1.165, 1.54) is 6.07 Å². The van der Waals surface area contributed by atoms with Gasteiger partial charge in [0.25, 0.3) is 0 Å². The van der Waals surface area contributed by atoms with Crippen LogP contribution in [0.15, 0.2) is 48.5 Å². The molecule has 1 heterocycles. The van der Waals surface area contributed by atoms with Crippen LogP contribution >= 0.6 is 0 Å². The van der Waals surface area contributed by atoms with Crippen molar-refractivity contribution in [2.45, 2.75) is 13.5 Å². The Balaban J connectivity index is 1.96. The molecular weight excluding hydrogens is 312 g/mol. The number of aromatic nitrogens is 2. The van der Waals surface area contributed by atoms with Crippen LogP contribution < -0.4 is 4.74 Å².